The molecule has 0 fully saturated rings. The van der Waals surface area contributed by atoms with E-state index < -0.39 is 11.7 Å². The van der Waals surface area contributed by atoms with E-state index >= 15 is 0 Å². The number of nitrogens with one attached hydrogen (secondary N) is 2. The van der Waals surface area contributed by atoms with Crippen molar-refractivity contribution < 1.29 is 9.90 Å². The van der Waals surface area contributed by atoms with E-state index in [1.165, 1.54) is 6.08 Å². The molecule has 7 heteroatoms. The SMILES string of the molecule is N=C(/C=C\C(=N\N)NN)C(=O)O. The van der Waals surface area contributed by atoms with Crippen LogP contribution < -0.4 is 17.1 Å². The van der Waals surface area contributed by atoms with E-state index in [1.807, 2.05) is 0 Å². The Bertz CT molecular complexity index is 240. The third kappa shape index (κ3) is 3.32. The van der Waals surface area contributed by atoms with Crippen molar-refractivity contribution in [3.63, 3.8) is 0 Å². The zero-order valence-electron chi connectivity index (χ0n) is 6.11. The second kappa shape index (κ2) is 4.85. The maximum absolute atomic E-state index is 10.1. The summed E-state index contributed by atoms with van der Waals surface area (Å²) in [5.41, 5.74) is 1.52. The number of aliphatic carboxylic acids is 1. The fourth-order valence-corrected chi connectivity index (χ4v) is 0.362. The molecular formula is C5H9N5O2. The Hall–Kier alpha value is -1.89. The van der Waals surface area contributed by atoms with Crippen LogP contribution in [0.15, 0.2) is 17.3 Å². The molecule has 0 atom stereocenters. The molecule has 0 spiro atoms. The second-order valence-corrected chi connectivity index (χ2v) is 1.71. The Kier molecular flexibility index (Phi) is 4.09. The molecule has 0 aromatic carbocycles. The Morgan fingerprint density at radius 1 is 1.58 bits per heavy atom. The minimum absolute atomic E-state index is 0.0843. The van der Waals surface area contributed by atoms with Gasteiger partial charge in [-0.15, -0.1) is 0 Å². The summed E-state index contributed by atoms with van der Waals surface area (Å²) in [6.07, 6.45) is 2.18. The van der Waals surface area contributed by atoms with Crippen LogP contribution in [-0.2, 0) is 4.79 Å². The number of hydrogen-bond donors (Lipinski definition) is 5. The van der Waals surface area contributed by atoms with Gasteiger partial charge in [0.2, 0.25) is 0 Å². The third-order valence-electron chi connectivity index (χ3n) is 0.925. The number of carboxylic acid groups (broad SMARTS) is 1. The van der Waals surface area contributed by atoms with Gasteiger partial charge in [-0.2, -0.15) is 5.10 Å². The molecule has 0 aliphatic rings. The van der Waals surface area contributed by atoms with Gasteiger partial charge in [0.25, 0.3) is 0 Å². The van der Waals surface area contributed by atoms with Crippen LogP contribution in [0.1, 0.15) is 0 Å². The van der Waals surface area contributed by atoms with Crippen LogP contribution >= 0.6 is 0 Å². The van der Waals surface area contributed by atoms with Gasteiger partial charge >= 0.3 is 5.97 Å². The summed E-state index contributed by atoms with van der Waals surface area (Å²) in [4.78, 5) is 10.1. The molecule has 0 bridgehead atoms. The number of hydrogen-bond acceptors (Lipinski definition) is 5. The molecule has 0 aromatic heterocycles. The van der Waals surface area contributed by atoms with Crippen LogP contribution in [0.25, 0.3) is 0 Å². The minimum atomic E-state index is -1.33. The molecular weight excluding hydrogens is 162 g/mol. The highest BCUT2D eigenvalue weighted by Gasteiger charge is 2.00. The van der Waals surface area contributed by atoms with Crippen molar-refractivity contribution in [2.45, 2.75) is 0 Å². The molecule has 0 radical (unpaired) electrons. The van der Waals surface area contributed by atoms with E-state index in [0.717, 1.165) is 6.08 Å². The molecule has 0 rings (SSSR count). The maximum Gasteiger partial charge on any atom is 0.353 e. The molecule has 0 aromatic rings. The number of hydrazine groups is 1. The number of amidine groups is 1. The Morgan fingerprint density at radius 3 is 2.50 bits per heavy atom. The van der Waals surface area contributed by atoms with Crippen molar-refractivity contribution in [3.05, 3.63) is 12.2 Å². The number of nitrogens with zero attached hydrogens (tertiary/aromatic N) is 1. The smallest absolute Gasteiger partial charge is 0.353 e. The zero-order valence-corrected chi connectivity index (χ0v) is 6.11. The second-order valence-electron chi connectivity index (χ2n) is 1.71. The maximum atomic E-state index is 10.1. The first-order valence-corrected chi connectivity index (χ1v) is 2.86. The van der Waals surface area contributed by atoms with Gasteiger partial charge in [0.1, 0.15) is 5.71 Å². The van der Waals surface area contributed by atoms with Gasteiger partial charge in [-0.05, 0) is 12.2 Å². The number of carboxylic acids is 1. The lowest BCUT2D eigenvalue weighted by Gasteiger charge is -1.94. The van der Waals surface area contributed by atoms with Crippen LogP contribution in [-0.4, -0.2) is 22.6 Å². The largest absolute Gasteiger partial charge is 0.477 e. The summed E-state index contributed by atoms with van der Waals surface area (Å²) in [6.45, 7) is 0. The summed E-state index contributed by atoms with van der Waals surface area (Å²) in [5, 5.41) is 18.2. The van der Waals surface area contributed by atoms with E-state index in [1.54, 1.807) is 0 Å². The molecule has 7 N–H and O–H groups in total. The Labute approximate surface area is 68.2 Å². The fourth-order valence-electron chi connectivity index (χ4n) is 0.362. The highest BCUT2D eigenvalue weighted by Crippen LogP contribution is 1.79. The lowest BCUT2D eigenvalue weighted by Crippen LogP contribution is -2.29. The summed E-state index contributed by atoms with van der Waals surface area (Å²) in [6, 6.07) is 0. The molecule has 0 amide bonds. The summed E-state index contributed by atoms with van der Waals surface area (Å²) in [7, 11) is 0. The minimum Gasteiger partial charge on any atom is -0.477 e. The zero-order chi connectivity index (χ0) is 9.56. The predicted octanol–water partition coefficient (Wildman–Crippen LogP) is -1.62. The van der Waals surface area contributed by atoms with Gasteiger partial charge in [-0.1, -0.05) is 0 Å². The first-order chi connectivity index (χ1) is 5.61. The third-order valence-corrected chi connectivity index (χ3v) is 0.925. The van der Waals surface area contributed by atoms with Gasteiger partial charge in [0.05, 0.1) is 0 Å². The van der Waals surface area contributed by atoms with Crippen molar-refractivity contribution in [2.75, 3.05) is 0 Å². The van der Waals surface area contributed by atoms with Crippen molar-refractivity contribution in [1.82, 2.24) is 5.43 Å². The van der Waals surface area contributed by atoms with Crippen molar-refractivity contribution in [1.29, 1.82) is 5.41 Å². The first-order valence-electron chi connectivity index (χ1n) is 2.86. The van der Waals surface area contributed by atoms with Crippen LogP contribution in [0.3, 0.4) is 0 Å². The lowest BCUT2D eigenvalue weighted by atomic mass is 10.3. The average Bonchev–Trinajstić information content (AvgIpc) is 2.05. The molecule has 66 valence electrons. The molecule has 0 saturated carbocycles. The molecule has 0 aliphatic heterocycles. The van der Waals surface area contributed by atoms with E-state index in [9.17, 15) is 4.79 Å². The average molecular weight is 171 g/mol. The van der Waals surface area contributed by atoms with Crippen LogP contribution in [0, 0.1) is 5.41 Å². The summed E-state index contributed by atoms with van der Waals surface area (Å²) in [5.74, 6) is 8.49. The van der Waals surface area contributed by atoms with Crippen LogP contribution in [0.2, 0.25) is 0 Å². The Morgan fingerprint density at radius 2 is 2.17 bits per heavy atom. The molecule has 7 nitrogen and oxygen atoms in total. The number of nitrogens with two attached hydrogens (primary N) is 2. The van der Waals surface area contributed by atoms with Gasteiger partial charge in [-0.3, -0.25) is 5.41 Å². The molecule has 0 aliphatic carbocycles. The summed E-state index contributed by atoms with van der Waals surface area (Å²) >= 11 is 0. The topological polar surface area (TPSA) is 138 Å². The Balaban J connectivity index is 4.24. The van der Waals surface area contributed by atoms with Gasteiger partial charge in [0, 0.05) is 0 Å². The highest BCUT2D eigenvalue weighted by molar-refractivity contribution is 6.39. The van der Waals surface area contributed by atoms with Crippen molar-refractivity contribution >= 4 is 17.5 Å². The molecule has 0 saturated heterocycles. The lowest BCUT2D eigenvalue weighted by molar-refractivity contribution is -0.129. The van der Waals surface area contributed by atoms with Gasteiger partial charge < -0.3 is 16.4 Å². The van der Waals surface area contributed by atoms with Crippen molar-refractivity contribution in [3.8, 4) is 0 Å². The van der Waals surface area contributed by atoms with E-state index in [2.05, 4.69) is 10.5 Å². The normalized spacial score (nSPS) is 11.6. The monoisotopic (exact) mass is 171 g/mol. The first kappa shape index (κ1) is 10.1. The van der Waals surface area contributed by atoms with E-state index in [-0.39, 0.29) is 5.84 Å². The molecule has 0 heterocycles. The van der Waals surface area contributed by atoms with E-state index in [4.69, 9.17) is 22.2 Å². The van der Waals surface area contributed by atoms with Crippen molar-refractivity contribution in [2.24, 2.45) is 16.8 Å². The summed E-state index contributed by atoms with van der Waals surface area (Å²) < 4.78 is 0. The molecule has 0 unspecified atom stereocenters. The fraction of sp³-hybridized carbons (Fsp3) is 0. The predicted molar refractivity (Wildman–Crippen MR) is 43.4 cm³/mol. The number of rotatable bonds is 3. The van der Waals surface area contributed by atoms with E-state index in [0.29, 0.717) is 0 Å². The quantitative estimate of drug-likeness (QED) is 0.150. The van der Waals surface area contributed by atoms with Crippen LogP contribution in [0.5, 0.6) is 0 Å². The number of carbonyl (C=O) groups is 1. The van der Waals surface area contributed by atoms with Gasteiger partial charge in [0.15, 0.2) is 5.84 Å². The highest BCUT2D eigenvalue weighted by atomic mass is 16.4. The number of hydrazone groups is 1. The molecule has 12 heavy (non-hydrogen) atoms. The standard InChI is InChI=1S/C5H9N5O2/c6-3(5(11)12)1-2-4(9-7)10-8/h1-2,6H,7-8H2,(H,9,10)(H,11,12)/b2-1-,6-3?. The van der Waals surface area contributed by atoms with Crippen LogP contribution in [0.4, 0.5) is 0 Å². The van der Waals surface area contributed by atoms with Gasteiger partial charge in [-0.25, -0.2) is 10.6 Å².